The SMILES string of the molecule is Cc1c([N+](=O)[O-])c(C(=O)N2CCN(Cc3cccc(F)c3F)CC2)nn1C. The van der Waals surface area contributed by atoms with Crippen LogP contribution in [0.2, 0.25) is 0 Å². The Morgan fingerprint density at radius 3 is 2.56 bits per heavy atom. The number of amides is 1. The molecule has 1 aliphatic heterocycles. The maximum atomic E-state index is 13.8. The molecule has 0 radical (unpaired) electrons. The van der Waals surface area contributed by atoms with Gasteiger partial charge in [-0.3, -0.25) is 24.5 Å². The van der Waals surface area contributed by atoms with Crippen LogP contribution < -0.4 is 0 Å². The Kier molecular flexibility index (Phi) is 5.17. The molecule has 0 unspecified atom stereocenters. The van der Waals surface area contributed by atoms with Gasteiger partial charge in [0.25, 0.3) is 5.91 Å². The number of hydrogen-bond acceptors (Lipinski definition) is 5. The molecule has 0 N–H and O–H groups in total. The molecule has 0 aliphatic carbocycles. The molecule has 0 saturated carbocycles. The molecule has 1 aliphatic rings. The molecule has 27 heavy (non-hydrogen) atoms. The molecule has 144 valence electrons. The van der Waals surface area contributed by atoms with Crippen LogP contribution in [0.25, 0.3) is 0 Å². The normalized spacial score (nSPS) is 15.2. The molecule has 1 aromatic heterocycles. The third kappa shape index (κ3) is 3.65. The van der Waals surface area contributed by atoms with Crippen molar-refractivity contribution < 1.29 is 18.5 Å². The van der Waals surface area contributed by atoms with Crippen LogP contribution in [-0.2, 0) is 13.6 Å². The summed E-state index contributed by atoms with van der Waals surface area (Å²) in [6.45, 7) is 3.30. The lowest BCUT2D eigenvalue weighted by molar-refractivity contribution is -0.385. The minimum Gasteiger partial charge on any atom is -0.334 e. The fourth-order valence-electron chi connectivity index (χ4n) is 3.13. The number of carbonyl (C=O) groups is 1. The lowest BCUT2D eigenvalue weighted by Crippen LogP contribution is -2.48. The van der Waals surface area contributed by atoms with Crippen LogP contribution >= 0.6 is 0 Å². The van der Waals surface area contributed by atoms with E-state index in [0.717, 1.165) is 6.07 Å². The Labute approximate surface area is 154 Å². The van der Waals surface area contributed by atoms with Crippen LogP contribution in [0.3, 0.4) is 0 Å². The Bertz CT molecular complexity index is 891. The number of nitro groups is 1. The second-order valence-electron chi connectivity index (χ2n) is 6.44. The van der Waals surface area contributed by atoms with E-state index in [0.29, 0.717) is 31.9 Å². The van der Waals surface area contributed by atoms with E-state index in [1.54, 1.807) is 7.05 Å². The number of carbonyl (C=O) groups excluding carboxylic acids is 1. The van der Waals surface area contributed by atoms with Crippen molar-refractivity contribution in [2.45, 2.75) is 13.5 Å². The largest absolute Gasteiger partial charge is 0.334 e. The van der Waals surface area contributed by atoms with E-state index in [4.69, 9.17) is 0 Å². The first-order valence-corrected chi connectivity index (χ1v) is 8.42. The maximum Gasteiger partial charge on any atom is 0.322 e. The summed E-state index contributed by atoms with van der Waals surface area (Å²) in [7, 11) is 1.55. The van der Waals surface area contributed by atoms with E-state index in [2.05, 4.69) is 5.10 Å². The minimum absolute atomic E-state index is 0.176. The summed E-state index contributed by atoms with van der Waals surface area (Å²) < 4.78 is 28.4. The van der Waals surface area contributed by atoms with Crippen LogP contribution in [0, 0.1) is 28.7 Å². The van der Waals surface area contributed by atoms with Crippen molar-refractivity contribution in [3.05, 3.63) is 56.9 Å². The van der Waals surface area contributed by atoms with E-state index in [-0.39, 0.29) is 23.5 Å². The van der Waals surface area contributed by atoms with Gasteiger partial charge in [-0.15, -0.1) is 0 Å². The summed E-state index contributed by atoms with van der Waals surface area (Å²) >= 11 is 0. The standard InChI is InChI=1S/C17H19F2N5O3/c1-11-16(24(26)27)15(20-21(11)2)17(25)23-8-6-22(7-9-23)10-12-4-3-5-13(18)14(12)19/h3-5H,6-10H2,1-2H3. The summed E-state index contributed by atoms with van der Waals surface area (Å²) in [6, 6.07) is 4.04. The highest BCUT2D eigenvalue weighted by Gasteiger charge is 2.33. The monoisotopic (exact) mass is 379 g/mol. The van der Waals surface area contributed by atoms with Crippen LogP contribution in [0.4, 0.5) is 14.5 Å². The van der Waals surface area contributed by atoms with Crippen molar-refractivity contribution in [2.75, 3.05) is 26.2 Å². The Morgan fingerprint density at radius 1 is 1.26 bits per heavy atom. The number of halogens is 2. The number of aryl methyl sites for hydroxylation is 1. The second kappa shape index (κ2) is 7.39. The zero-order valence-corrected chi connectivity index (χ0v) is 15.0. The molecular formula is C17H19F2N5O3. The number of nitrogens with zero attached hydrogens (tertiary/aromatic N) is 5. The summed E-state index contributed by atoms with van der Waals surface area (Å²) in [5.74, 6) is -2.25. The Hall–Kier alpha value is -2.88. The lowest BCUT2D eigenvalue weighted by Gasteiger charge is -2.34. The topological polar surface area (TPSA) is 84.5 Å². The highest BCUT2D eigenvalue weighted by Crippen LogP contribution is 2.24. The number of rotatable bonds is 4. The van der Waals surface area contributed by atoms with E-state index >= 15 is 0 Å². The average molecular weight is 379 g/mol. The van der Waals surface area contributed by atoms with E-state index < -0.39 is 22.5 Å². The summed E-state index contributed by atoms with van der Waals surface area (Å²) in [6.07, 6.45) is 0. The van der Waals surface area contributed by atoms with Crippen LogP contribution in [0.5, 0.6) is 0 Å². The van der Waals surface area contributed by atoms with Gasteiger partial charge in [-0.05, 0) is 13.0 Å². The lowest BCUT2D eigenvalue weighted by atomic mass is 10.1. The molecule has 0 spiro atoms. The van der Waals surface area contributed by atoms with Crippen molar-refractivity contribution in [3.63, 3.8) is 0 Å². The van der Waals surface area contributed by atoms with Crippen molar-refractivity contribution in [2.24, 2.45) is 7.05 Å². The molecule has 0 atom stereocenters. The molecule has 8 nitrogen and oxygen atoms in total. The maximum absolute atomic E-state index is 13.8. The van der Waals surface area contributed by atoms with Gasteiger partial charge < -0.3 is 4.90 Å². The Morgan fingerprint density at radius 2 is 1.93 bits per heavy atom. The highest BCUT2D eigenvalue weighted by molar-refractivity contribution is 5.96. The van der Waals surface area contributed by atoms with Gasteiger partial charge in [0.1, 0.15) is 5.69 Å². The number of piperazine rings is 1. The quantitative estimate of drug-likeness (QED) is 0.598. The first-order chi connectivity index (χ1) is 12.8. The van der Waals surface area contributed by atoms with Gasteiger partial charge in [-0.25, -0.2) is 8.78 Å². The van der Waals surface area contributed by atoms with Crippen molar-refractivity contribution in [1.29, 1.82) is 0 Å². The van der Waals surface area contributed by atoms with Gasteiger partial charge in [0.15, 0.2) is 11.6 Å². The minimum atomic E-state index is -0.890. The van der Waals surface area contributed by atoms with Gasteiger partial charge in [0.2, 0.25) is 5.69 Å². The summed E-state index contributed by atoms with van der Waals surface area (Å²) in [5.41, 5.74) is 0.103. The van der Waals surface area contributed by atoms with E-state index in [1.807, 2.05) is 4.90 Å². The molecule has 2 aromatic rings. The molecule has 1 fully saturated rings. The second-order valence-corrected chi connectivity index (χ2v) is 6.44. The summed E-state index contributed by atoms with van der Waals surface area (Å²) in [5, 5.41) is 15.3. The molecule has 1 aromatic carbocycles. The fourth-order valence-corrected chi connectivity index (χ4v) is 3.13. The van der Waals surface area contributed by atoms with Gasteiger partial charge >= 0.3 is 5.69 Å². The first-order valence-electron chi connectivity index (χ1n) is 8.42. The predicted molar refractivity (Wildman–Crippen MR) is 92.1 cm³/mol. The van der Waals surface area contributed by atoms with E-state index in [1.165, 1.54) is 28.6 Å². The van der Waals surface area contributed by atoms with Gasteiger partial charge in [0, 0.05) is 45.3 Å². The average Bonchev–Trinajstić information content (AvgIpc) is 2.94. The third-order valence-corrected chi connectivity index (χ3v) is 4.77. The van der Waals surface area contributed by atoms with E-state index in [9.17, 15) is 23.7 Å². The molecule has 3 rings (SSSR count). The Balaban J connectivity index is 1.67. The molecule has 0 bridgehead atoms. The molecule has 1 amide bonds. The highest BCUT2D eigenvalue weighted by atomic mass is 19.2. The summed E-state index contributed by atoms with van der Waals surface area (Å²) in [4.78, 5) is 26.7. The number of hydrogen-bond donors (Lipinski definition) is 0. The third-order valence-electron chi connectivity index (χ3n) is 4.77. The first kappa shape index (κ1) is 18.9. The molecular weight excluding hydrogens is 360 g/mol. The molecule has 10 heteroatoms. The van der Waals surface area contributed by atoms with Gasteiger partial charge in [0.05, 0.1) is 4.92 Å². The zero-order chi connectivity index (χ0) is 19.7. The fraction of sp³-hybridized carbons (Fsp3) is 0.412. The van der Waals surface area contributed by atoms with Crippen LogP contribution in [0.15, 0.2) is 18.2 Å². The van der Waals surface area contributed by atoms with Crippen LogP contribution in [0.1, 0.15) is 21.7 Å². The molecule has 1 saturated heterocycles. The smallest absolute Gasteiger partial charge is 0.322 e. The van der Waals surface area contributed by atoms with Crippen molar-refractivity contribution in [3.8, 4) is 0 Å². The van der Waals surface area contributed by atoms with Crippen molar-refractivity contribution in [1.82, 2.24) is 19.6 Å². The number of benzene rings is 1. The van der Waals surface area contributed by atoms with Gasteiger partial charge in [-0.1, -0.05) is 12.1 Å². The molecule has 2 heterocycles. The zero-order valence-electron chi connectivity index (χ0n) is 15.0. The van der Waals surface area contributed by atoms with Crippen LogP contribution in [-0.4, -0.2) is 56.6 Å². The predicted octanol–water partition coefficient (Wildman–Crippen LogP) is 1.87. The number of aromatic nitrogens is 2. The van der Waals surface area contributed by atoms with Crippen molar-refractivity contribution >= 4 is 11.6 Å². The van der Waals surface area contributed by atoms with Gasteiger partial charge in [-0.2, -0.15) is 5.10 Å².